The Bertz CT molecular complexity index is 1040. The van der Waals surface area contributed by atoms with E-state index < -0.39 is 0 Å². The fourth-order valence-electron chi connectivity index (χ4n) is 3.78. The van der Waals surface area contributed by atoms with Crippen molar-refractivity contribution < 1.29 is 9.53 Å². The summed E-state index contributed by atoms with van der Waals surface area (Å²) in [5.41, 5.74) is 2.70. The molecule has 1 aromatic heterocycles. The van der Waals surface area contributed by atoms with E-state index in [1.54, 1.807) is 17.9 Å². The summed E-state index contributed by atoms with van der Waals surface area (Å²) in [5, 5.41) is 8.39. The van der Waals surface area contributed by atoms with Gasteiger partial charge in [-0.2, -0.15) is 5.10 Å². The number of halogens is 1. The van der Waals surface area contributed by atoms with Crippen LogP contribution in [0.25, 0.3) is 16.9 Å². The molecule has 1 unspecified atom stereocenters. The highest BCUT2D eigenvalue weighted by Gasteiger charge is 2.20. The molecule has 0 radical (unpaired) electrons. The Hall–Kier alpha value is -2.83. The van der Waals surface area contributed by atoms with E-state index in [-0.39, 0.29) is 11.9 Å². The molecule has 0 aliphatic carbocycles. The minimum absolute atomic E-state index is 0.0482. The first-order valence-corrected chi connectivity index (χ1v) is 11.9. The molecular weight excluding hydrogens is 436 g/mol. The highest BCUT2D eigenvalue weighted by Crippen LogP contribution is 2.27. The largest absolute Gasteiger partial charge is 0.497 e. The maximum atomic E-state index is 13.3. The van der Waals surface area contributed by atoms with E-state index in [9.17, 15) is 4.79 Å². The molecule has 33 heavy (non-hydrogen) atoms. The van der Waals surface area contributed by atoms with Crippen LogP contribution in [0.4, 0.5) is 0 Å². The van der Waals surface area contributed by atoms with Gasteiger partial charge in [-0.15, -0.1) is 0 Å². The molecule has 1 heterocycles. The molecule has 3 rings (SSSR count). The molecule has 3 aromatic rings. The van der Waals surface area contributed by atoms with Crippen LogP contribution in [0, 0.1) is 0 Å². The highest BCUT2D eigenvalue weighted by molar-refractivity contribution is 6.32. The quantitative estimate of drug-likeness (QED) is 0.407. The van der Waals surface area contributed by atoms with Crippen LogP contribution >= 0.6 is 11.6 Å². The Balaban J connectivity index is 1.83. The van der Waals surface area contributed by atoms with Crippen LogP contribution in [-0.2, 0) is 0 Å². The van der Waals surface area contributed by atoms with Gasteiger partial charge in [-0.25, -0.2) is 4.68 Å². The second-order valence-corrected chi connectivity index (χ2v) is 8.46. The zero-order chi connectivity index (χ0) is 23.8. The Kier molecular flexibility index (Phi) is 8.92. The number of rotatable bonds is 11. The normalized spacial score (nSPS) is 12.1. The Morgan fingerprint density at radius 2 is 1.85 bits per heavy atom. The molecule has 1 atom stereocenters. The van der Waals surface area contributed by atoms with E-state index >= 15 is 0 Å². The van der Waals surface area contributed by atoms with Crippen molar-refractivity contribution in [1.29, 1.82) is 0 Å². The highest BCUT2D eigenvalue weighted by atomic mass is 35.5. The molecule has 0 spiro atoms. The van der Waals surface area contributed by atoms with Gasteiger partial charge in [0.1, 0.15) is 11.4 Å². The lowest BCUT2D eigenvalue weighted by Crippen LogP contribution is -2.34. The maximum Gasteiger partial charge on any atom is 0.270 e. The zero-order valence-electron chi connectivity index (χ0n) is 19.8. The maximum absolute atomic E-state index is 13.3. The fourth-order valence-corrected chi connectivity index (χ4v) is 4.00. The fraction of sp³-hybridized carbons (Fsp3) is 0.385. The smallest absolute Gasteiger partial charge is 0.270 e. The first-order chi connectivity index (χ1) is 16.0. The van der Waals surface area contributed by atoms with E-state index in [1.807, 2.05) is 55.5 Å². The summed E-state index contributed by atoms with van der Waals surface area (Å²) in [4.78, 5) is 15.7. The molecule has 6 nitrogen and oxygen atoms in total. The summed E-state index contributed by atoms with van der Waals surface area (Å²) in [7, 11) is 1.63. The number of benzene rings is 2. The van der Waals surface area contributed by atoms with Crippen LogP contribution in [0.1, 0.15) is 44.1 Å². The number of amides is 1. The van der Waals surface area contributed by atoms with Gasteiger partial charge >= 0.3 is 0 Å². The van der Waals surface area contributed by atoms with Crippen molar-refractivity contribution in [1.82, 2.24) is 20.0 Å². The number of methoxy groups -OCH3 is 1. The number of aromatic nitrogens is 2. The van der Waals surface area contributed by atoms with Crippen molar-refractivity contribution >= 4 is 17.5 Å². The number of ether oxygens (including phenoxy) is 1. The molecule has 2 aromatic carbocycles. The predicted molar refractivity (Wildman–Crippen MR) is 135 cm³/mol. The summed E-state index contributed by atoms with van der Waals surface area (Å²) in [6, 6.07) is 16.9. The standard InChI is InChI=1S/C26H33ClN4O2/c1-5-30(6-2)17-9-10-19(3)28-26(32)25-18-23(20-13-15-21(33-4)16-14-20)29-31(25)24-12-8-7-11-22(24)27/h7-8,11-16,18-19H,5-6,9-10,17H2,1-4H3,(H,28,32). The van der Waals surface area contributed by atoms with Gasteiger partial charge in [0, 0.05) is 11.6 Å². The number of hydrogen-bond acceptors (Lipinski definition) is 4. The number of nitrogens with one attached hydrogen (secondary N) is 1. The SMILES string of the molecule is CCN(CC)CCCC(C)NC(=O)c1cc(-c2ccc(OC)cc2)nn1-c1ccccc1Cl. The van der Waals surface area contributed by atoms with Gasteiger partial charge < -0.3 is 15.0 Å². The third-order valence-corrected chi connectivity index (χ3v) is 6.11. The average molecular weight is 469 g/mol. The summed E-state index contributed by atoms with van der Waals surface area (Å²) in [6.07, 6.45) is 1.94. The van der Waals surface area contributed by atoms with Crippen LogP contribution in [0.2, 0.25) is 5.02 Å². The molecule has 0 aliphatic rings. The van der Waals surface area contributed by atoms with Gasteiger partial charge in [0.2, 0.25) is 0 Å². The third kappa shape index (κ3) is 6.36. The second-order valence-electron chi connectivity index (χ2n) is 8.05. The van der Waals surface area contributed by atoms with Crippen molar-refractivity contribution in [2.45, 2.75) is 39.7 Å². The summed E-state index contributed by atoms with van der Waals surface area (Å²) in [6.45, 7) is 9.51. The number of carbonyl (C=O) groups excluding carboxylic acids is 1. The minimum atomic E-state index is -0.169. The van der Waals surface area contributed by atoms with E-state index in [0.29, 0.717) is 22.1 Å². The van der Waals surface area contributed by atoms with E-state index in [1.165, 1.54) is 0 Å². The molecule has 0 saturated carbocycles. The first kappa shape index (κ1) is 24.8. The zero-order valence-corrected chi connectivity index (χ0v) is 20.6. The average Bonchev–Trinajstić information content (AvgIpc) is 3.27. The van der Waals surface area contributed by atoms with Gasteiger partial charge in [-0.1, -0.05) is 37.6 Å². The predicted octanol–water partition coefficient (Wildman–Crippen LogP) is 5.44. The molecular formula is C26H33ClN4O2. The van der Waals surface area contributed by atoms with Gasteiger partial charge in [0.25, 0.3) is 5.91 Å². The summed E-state index contributed by atoms with van der Waals surface area (Å²) < 4.78 is 6.88. The summed E-state index contributed by atoms with van der Waals surface area (Å²) in [5.74, 6) is 0.596. The second kappa shape index (κ2) is 11.9. The molecule has 7 heteroatoms. The van der Waals surface area contributed by atoms with Crippen LogP contribution in [0.3, 0.4) is 0 Å². The Morgan fingerprint density at radius 1 is 1.15 bits per heavy atom. The van der Waals surface area contributed by atoms with Crippen molar-refractivity contribution in [2.75, 3.05) is 26.7 Å². The summed E-state index contributed by atoms with van der Waals surface area (Å²) >= 11 is 6.45. The van der Waals surface area contributed by atoms with Gasteiger partial charge in [0.05, 0.1) is 23.5 Å². The Labute approximate surface area is 201 Å². The lowest BCUT2D eigenvalue weighted by Gasteiger charge is -2.20. The minimum Gasteiger partial charge on any atom is -0.497 e. The number of carbonyl (C=O) groups is 1. The van der Waals surface area contributed by atoms with Gasteiger partial charge in [0.15, 0.2) is 0 Å². The van der Waals surface area contributed by atoms with Crippen molar-refractivity contribution in [3.8, 4) is 22.7 Å². The van der Waals surface area contributed by atoms with Crippen LogP contribution < -0.4 is 10.1 Å². The van der Waals surface area contributed by atoms with Crippen LogP contribution in [0.5, 0.6) is 5.75 Å². The lowest BCUT2D eigenvalue weighted by atomic mass is 10.1. The molecule has 1 N–H and O–H groups in total. The lowest BCUT2D eigenvalue weighted by molar-refractivity contribution is 0.0929. The Morgan fingerprint density at radius 3 is 2.48 bits per heavy atom. The molecule has 0 fully saturated rings. The van der Waals surface area contributed by atoms with Crippen molar-refractivity contribution in [2.24, 2.45) is 0 Å². The number of nitrogens with zero attached hydrogens (tertiary/aromatic N) is 3. The van der Waals surface area contributed by atoms with E-state index in [0.717, 1.165) is 43.8 Å². The van der Waals surface area contributed by atoms with E-state index in [2.05, 4.69) is 24.1 Å². The molecule has 0 bridgehead atoms. The molecule has 0 aliphatic heterocycles. The number of hydrogen-bond donors (Lipinski definition) is 1. The van der Waals surface area contributed by atoms with Crippen molar-refractivity contribution in [3.63, 3.8) is 0 Å². The third-order valence-electron chi connectivity index (χ3n) is 5.79. The van der Waals surface area contributed by atoms with Crippen LogP contribution in [-0.4, -0.2) is 53.4 Å². The molecule has 1 amide bonds. The topological polar surface area (TPSA) is 59.4 Å². The molecule has 176 valence electrons. The van der Waals surface area contributed by atoms with Crippen LogP contribution in [0.15, 0.2) is 54.6 Å². The van der Waals surface area contributed by atoms with Gasteiger partial charge in [-0.3, -0.25) is 4.79 Å². The first-order valence-electron chi connectivity index (χ1n) is 11.5. The monoisotopic (exact) mass is 468 g/mol. The number of para-hydroxylation sites is 1. The van der Waals surface area contributed by atoms with Crippen molar-refractivity contribution in [3.05, 3.63) is 65.3 Å². The van der Waals surface area contributed by atoms with E-state index in [4.69, 9.17) is 21.4 Å². The molecule has 0 saturated heterocycles. The van der Waals surface area contributed by atoms with Gasteiger partial charge in [-0.05, 0) is 81.9 Å².